The van der Waals surface area contributed by atoms with Gasteiger partial charge in [-0.15, -0.1) is 0 Å². The van der Waals surface area contributed by atoms with Gasteiger partial charge in [-0.2, -0.15) is 0 Å². The molecule has 3 N–H and O–H groups in total. The summed E-state index contributed by atoms with van der Waals surface area (Å²) in [6, 6.07) is 6.60. The van der Waals surface area contributed by atoms with Crippen LogP contribution in [0.3, 0.4) is 0 Å². The lowest BCUT2D eigenvalue weighted by Crippen LogP contribution is -2.41. The van der Waals surface area contributed by atoms with Crippen LogP contribution in [0.15, 0.2) is 24.3 Å². The number of nitrogens with one attached hydrogen (secondary N) is 3. The SMILES string of the molecule is CNC[C@H]1CCCN1C(=O)c1ccc([C@]2(C)NC(=O)NC2=O)cc1. The van der Waals surface area contributed by atoms with Gasteiger partial charge >= 0.3 is 6.03 Å². The molecule has 0 bridgehead atoms. The molecule has 0 radical (unpaired) electrons. The zero-order chi connectivity index (χ0) is 17.3. The molecule has 0 unspecified atom stereocenters. The van der Waals surface area contributed by atoms with Crippen molar-refractivity contribution in [2.45, 2.75) is 31.3 Å². The van der Waals surface area contributed by atoms with E-state index in [9.17, 15) is 14.4 Å². The van der Waals surface area contributed by atoms with Gasteiger partial charge in [0.05, 0.1) is 0 Å². The van der Waals surface area contributed by atoms with E-state index in [0.717, 1.165) is 25.9 Å². The number of likely N-dealkylation sites (tertiary alicyclic amines) is 1. The van der Waals surface area contributed by atoms with Gasteiger partial charge in [0.25, 0.3) is 11.8 Å². The van der Waals surface area contributed by atoms with E-state index in [-0.39, 0.29) is 17.9 Å². The minimum absolute atomic E-state index is 0.00404. The summed E-state index contributed by atoms with van der Waals surface area (Å²) in [5.74, 6) is -0.385. The largest absolute Gasteiger partial charge is 0.334 e. The highest BCUT2D eigenvalue weighted by atomic mass is 16.2. The third-order valence-corrected chi connectivity index (χ3v) is 4.83. The summed E-state index contributed by atoms with van der Waals surface area (Å²) in [5, 5.41) is 7.99. The minimum Gasteiger partial charge on any atom is -0.334 e. The molecule has 0 aromatic heterocycles. The van der Waals surface area contributed by atoms with Crippen molar-refractivity contribution in [1.82, 2.24) is 20.9 Å². The molecule has 7 nitrogen and oxygen atoms in total. The zero-order valence-electron chi connectivity index (χ0n) is 13.9. The maximum absolute atomic E-state index is 12.7. The second kappa shape index (κ2) is 6.24. The summed E-state index contributed by atoms with van der Waals surface area (Å²) >= 11 is 0. The molecule has 4 amide bonds. The Balaban J connectivity index is 1.78. The lowest BCUT2D eigenvalue weighted by atomic mass is 9.91. The van der Waals surface area contributed by atoms with Crippen LogP contribution in [0.2, 0.25) is 0 Å². The quantitative estimate of drug-likeness (QED) is 0.704. The first-order valence-corrected chi connectivity index (χ1v) is 8.15. The van der Waals surface area contributed by atoms with Crippen LogP contribution in [0.4, 0.5) is 4.79 Å². The number of imide groups is 1. The number of likely N-dealkylation sites (N-methyl/N-ethyl adjacent to an activating group) is 1. The van der Waals surface area contributed by atoms with Gasteiger partial charge in [-0.25, -0.2) is 4.79 Å². The highest BCUT2D eigenvalue weighted by molar-refractivity contribution is 6.07. The predicted molar refractivity (Wildman–Crippen MR) is 88.5 cm³/mol. The molecule has 2 fully saturated rings. The molecule has 1 aromatic carbocycles. The summed E-state index contributed by atoms with van der Waals surface area (Å²) in [5.41, 5.74) is 0.145. The Kier molecular flexibility index (Phi) is 4.28. The second-order valence-corrected chi connectivity index (χ2v) is 6.46. The van der Waals surface area contributed by atoms with Crippen molar-refractivity contribution in [3.05, 3.63) is 35.4 Å². The molecule has 2 heterocycles. The topological polar surface area (TPSA) is 90.5 Å². The second-order valence-electron chi connectivity index (χ2n) is 6.46. The lowest BCUT2D eigenvalue weighted by molar-refractivity contribution is -0.123. The maximum atomic E-state index is 12.7. The fraction of sp³-hybridized carbons (Fsp3) is 0.471. The first-order valence-electron chi connectivity index (χ1n) is 8.15. The number of hydrogen-bond donors (Lipinski definition) is 3. The Labute approximate surface area is 140 Å². The molecule has 0 aliphatic carbocycles. The van der Waals surface area contributed by atoms with E-state index < -0.39 is 11.6 Å². The highest BCUT2D eigenvalue weighted by Crippen LogP contribution is 2.26. The van der Waals surface area contributed by atoms with Crippen LogP contribution < -0.4 is 16.0 Å². The fourth-order valence-corrected chi connectivity index (χ4v) is 3.41. The Hall–Kier alpha value is -2.41. The molecule has 2 saturated heterocycles. The van der Waals surface area contributed by atoms with Gasteiger partial charge < -0.3 is 15.5 Å². The number of amides is 4. The van der Waals surface area contributed by atoms with Crippen LogP contribution in [0.25, 0.3) is 0 Å². The zero-order valence-corrected chi connectivity index (χ0v) is 13.9. The summed E-state index contributed by atoms with van der Waals surface area (Å²) in [6.45, 7) is 3.20. The van der Waals surface area contributed by atoms with Crippen molar-refractivity contribution in [2.75, 3.05) is 20.1 Å². The van der Waals surface area contributed by atoms with Crippen molar-refractivity contribution in [2.24, 2.45) is 0 Å². The normalized spacial score (nSPS) is 26.4. The Morgan fingerprint density at radius 2 is 2.04 bits per heavy atom. The van der Waals surface area contributed by atoms with Crippen LogP contribution in [0, 0.1) is 0 Å². The molecule has 3 rings (SSSR count). The number of benzene rings is 1. The molecular weight excluding hydrogens is 308 g/mol. The van der Waals surface area contributed by atoms with Crippen LogP contribution in [0.5, 0.6) is 0 Å². The summed E-state index contributed by atoms with van der Waals surface area (Å²) in [4.78, 5) is 38.0. The van der Waals surface area contributed by atoms with Crippen molar-refractivity contribution >= 4 is 17.8 Å². The number of carbonyl (C=O) groups excluding carboxylic acids is 3. The van der Waals surface area contributed by atoms with Crippen molar-refractivity contribution < 1.29 is 14.4 Å². The molecule has 2 aliphatic rings. The number of urea groups is 1. The third-order valence-electron chi connectivity index (χ3n) is 4.83. The molecule has 0 saturated carbocycles. The molecule has 7 heteroatoms. The van der Waals surface area contributed by atoms with E-state index in [4.69, 9.17) is 0 Å². The number of rotatable bonds is 4. The van der Waals surface area contributed by atoms with Gasteiger partial charge in [-0.1, -0.05) is 12.1 Å². The third kappa shape index (κ3) is 2.75. The summed E-state index contributed by atoms with van der Waals surface area (Å²) in [7, 11) is 1.89. The number of carbonyl (C=O) groups is 3. The molecule has 0 spiro atoms. The van der Waals surface area contributed by atoms with Crippen LogP contribution in [-0.4, -0.2) is 48.9 Å². The van der Waals surface area contributed by atoms with Crippen molar-refractivity contribution in [3.63, 3.8) is 0 Å². The van der Waals surface area contributed by atoms with E-state index in [1.807, 2.05) is 11.9 Å². The highest BCUT2D eigenvalue weighted by Gasteiger charge is 2.43. The Morgan fingerprint density at radius 1 is 1.33 bits per heavy atom. The van der Waals surface area contributed by atoms with Crippen LogP contribution in [-0.2, 0) is 10.3 Å². The minimum atomic E-state index is -1.10. The first kappa shape index (κ1) is 16.4. The lowest BCUT2D eigenvalue weighted by Gasteiger charge is -2.25. The van der Waals surface area contributed by atoms with Gasteiger partial charge in [0.15, 0.2) is 0 Å². The van der Waals surface area contributed by atoms with Crippen molar-refractivity contribution in [3.8, 4) is 0 Å². The van der Waals surface area contributed by atoms with E-state index in [2.05, 4.69) is 16.0 Å². The molecule has 2 aliphatic heterocycles. The van der Waals surface area contributed by atoms with E-state index in [1.165, 1.54) is 0 Å². The summed E-state index contributed by atoms with van der Waals surface area (Å²) < 4.78 is 0. The Bertz CT molecular complexity index is 673. The molecule has 1 aromatic rings. The van der Waals surface area contributed by atoms with Crippen LogP contribution in [0.1, 0.15) is 35.7 Å². The Morgan fingerprint density at radius 3 is 2.62 bits per heavy atom. The monoisotopic (exact) mass is 330 g/mol. The fourth-order valence-electron chi connectivity index (χ4n) is 3.41. The molecule has 128 valence electrons. The maximum Gasteiger partial charge on any atom is 0.322 e. The molecular formula is C17H22N4O3. The van der Waals surface area contributed by atoms with Gasteiger partial charge in [0.1, 0.15) is 5.54 Å². The molecule has 2 atom stereocenters. The first-order chi connectivity index (χ1) is 11.5. The van der Waals surface area contributed by atoms with Crippen molar-refractivity contribution in [1.29, 1.82) is 0 Å². The van der Waals surface area contributed by atoms with E-state index >= 15 is 0 Å². The van der Waals surface area contributed by atoms with E-state index in [1.54, 1.807) is 31.2 Å². The van der Waals surface area contributed by atoms with Gasteiger partial charge in [-0.05, 0) is 44.5 Å². The number of nitrogens with zero attached hydrogens (tertiary/aromatic N) is 1. The van der Waals surface area contributed by atoms with Gasteiger partial charge in [0.2, 0.25) is 0 Å². The number of hydrogen-bond acceptors (Lipinski definition) is 4. The van der Waals surface area contributed by atoms with E-state index in [0.29, 0.717) is 11.1 Å². The van der Waals surface area contributed by atoms with Gasteiger partial charge in [0, 0.05) is 24.7 Å². The standard InChI is InChI=1S/C17H22N4O3/c1-17(15(23)19-16(24)20-17)12-7-5-11(6-8-12)14(22)21-9-3-4-13(21)10-18-2/h5-8,13,18H,3-4,9-10H2,1-2H3,(H2,19,20,23,24)/t13-,17+/m1/s1. The predicted octanol–water partition coefficient (Wildman–Crippen LogP) is 0.565. The summed E-state index contributed by atoms with van der Waals surface area (Å²) in [6.07, 6.45) is 2.02. The average Bonchev–Trinajstić information content (AvgIpc) is 3.12. The average molecular weight is 330 g/mol. The smallest absolute Gasteiger partial charge is 0.322 e. The molecule has 24 heavy (non-hydrogen) atoms. The van der Waals surface area contributed by atoms with Crippen LogP contribution >= 0.6 is 0 Å². The van der Waals surface area contributed by atoms with Gasteiger partial charge in [-0.3, -0.25) is 14.9 Å².